The van der Waals surface area contributed by atoms with Crippen LogP contribution < -0.4 is 10.6 Å². The lowest BCUT2D eigenvalue weighted by atomic mass is 9.99. The summed E-state index contributed by atoms with van der Waals surface area (Å²) in [7, 11) is 1.81. The molecule has 0 amide bonds. The van der Waals surface area contributed by atoms with Gasteiger partial charge in [-0.05, 0) is 38.3 Å². The molecule has 2 heterocycles. The largest absolute Gasteiger partial charge is 0.361 e. The average molecular weight is 335 g/mol. The van der Waals surface area contributed by atoms with Crippen molar-refractivity contribution < 1.29 is 4.52 Å². The van der Waals surface area contributed by atoms with E-state index in [1.165, 1.54) is 31.5 Å². The number of hydrogen-bond donors (Lipinski definition) is 2. The molecule has 2 N–H and O–H groups in total. The van der Waals surface area contributed by atoms with E-state index in [1.807, 2.05) is 7.05 Å². The number of likely N-dealkylation sites (tertiary alicyclic amines) is 1. The van der Waals surface area contributed by atoms with E-state index in [2.05, 4.69) is 46.5 Å². The van der Waals surface area contributed by atoms with Crippen molar-refractivity contribution in [2.45, 2.75) is 53.0 Å². The average Bonchev–Trinajstić information content (AvgIpc) is 3.01. The summed E-state index contributed by atoms with van der Waals surface area (Å²) in [5.41, 5.74) is 2.21. The number of nitrogens with one attached hydrogen (secondary N) is 2. The maximum atomic E-state index is 5.41. The third-order valence-electron chi connectivity index (χ3n) is 4.86. The molecule has 0 unspecified atom stereocenters. The standard InChI is InChI=1S/C18H33N5O/c1-5-16-15(17(6-2)24-22-16)13-21-18(19-4)20-9-12-23-10-7-14(3)8-11-23/h14H,5-13H2,1-4H3,(H2,19,20,21). The molecule has 136 valence electrons. The molecule has 0 aromatic carbocycles. The molecule has 0 aliphatic carbocycles. The molecule has 1 aliphatic rings. The van der Waals surface area contributed by atoms with Crippen molar-refractivity contribution in [3.05, 3.63) is 17.0 Å². The monoisotopic (exact) mass is 335 g/mol. The highest BCUT2D eigenvalue weighted by atomic mass is 16.5. The maximum Gasteiger partial charge on any atom is 0.191 e. The van der Waals surface area contributed by atoms with Crippen LogP contribution in [0.4, 0.5) is 0 Å². The van der Waals surface area contributed by atoms with Crippen LogP contribution in [0.2, 0.25) is 0 Å². The number of nitrogens with zero attached hydrogens (tertiary/aromatic N) is 3. The quantitative estimate of drug-likeness (QED) is 0.591. The van der Waals surface area contributed by atoms with E-state index in [0.29, 0.717) is 6.54 Å². The third-order valence-corrected chi connectivity index (χ3v) is 4.86. The first-order chi connectivity index (χ1) is 11.7. The van der Waals surface area contributed by atoms with Gasteiger partial charge in [0, 0.05) is 38.7 Å². The molecular weight excluding hydrogens is 302 g/mol. The molecular formula is C18H33N5O. The van der Waals surface area contributed by atoms with Gasteiger partial charge in [-0.2, -0.15) is 0 Å². The molecule has 1 saturated heterocycles. The first kappa shape index (κ1) is 18.8. The zero-order chi connectivity index (χ0) is 17.4. The first-order valence-corrected chi connectivity index (χ1v) is 9.31. The lowest BCUT2D eigenvalue weighted by Gasteiger charge is -2.30. The number of aryl methyl sites for hydroxylation is 2. The van der Waals surface area contributed by atoms with Crippen LogP contribution in [-0.4, -0.2) is 49.2 Å². The summed E-state index contributed by atoms with van der Waals surface area (Å²) in [5, 5.41) is 11.0. The van der Waals surface area contributed by atoms with Gasteiger partial charge in [-0.15, -0.1) is 0 Å². The molecule has 6 heteroatoms. The highest BCUT2D eigenvalue weighted by Crippen LogP contribution is 2.16. The lowest BCUT2D eigenvalue weighted by Crippen LogP contribution is -2.43. The second-order valence-electron chi connectivity index (χ2n) is 6.61. The Labute approximate surface area is 146 Å². The Balaban J connectivity index is 1.75. The maximum absolute atomic E-state index is 5.41. The van der Waals surface area contributed by atoms with Crippen molar-refractivity contribution in [2.24, 2.45) is 10.9 Å². The van der Waals surface area contributed by atoms with Crippen LogP contribution in [0, 0.1) is 5.92 Å². The van der Waals surface area contributed by atoms with Gasteiger partial charge in [-0.1, -0.05) is 25.9 Å². The Hall–Kier alpha value is -1.56. The smallest absolute Gasteiger partial charge is 0.191 e. The van der Waals surface area contributed by atoms with Gasteiger partial charge in [0.15, 0.2) is 5.96 Å². The molecule has 6 nitrogen and oxygen atoms in total. The van der Waals surface area contributed by atoms with Crippen LogP contribution in [0.15, 0.2) is 9.52 Å². The zero-order valence-corrected chi connectivity index (χ0v) is 15.7. The Morgan fingerprint density at radius 3 is 2.62 bits per heavy atom. The van der Waals surface area contributed by atoms with Crippen molar-refractivity contribution in [1.82, 2.24) is 20.7 Å². The highest BCUT2D eigenvalue weighted by molar-refractivity contribution is 5.79. The second kappa shape index (κ2) is 9.67. The van der Waals surface area contributed by atoms with Crippen LogP contribution in [0.5, 0.6) is 0 Å². The van der Waals surface area contributed by atoms with Crippen molar-refractivity contribution in [1.29, 1.82) is 0 Å². The number of hydrogen-bond acceptors (Lipinski definition) is 4. The van der Waals surface area contributed by atoms with Gasteiger partial charge in [0.1, 0.15) is 5.76 Å². The molecule has 1 aliphatic heterocycles. The van der Waals surface area contributed by atoms with Gasteiger partial charge >= 0.3 is 0 Å². The Morgan fingerprint density at radius 2 is 2.00 bits per heavy atom. The minimum absolute atomic E-state index is 0.705. The number of rotatable bonds is 7. The lowest BCUT2D eigenvalue weighted by molar-refractivity contribution is 0.195. The summed E-state index contributed by atoms with van der Waals surface area (Å²) >= 11 is 0. The second-order valence-corrected chi connectivity index (χ2v) is 6.61. The summed E-state index contributed by atoms with van der Waals surface area (Å²) in [5.74, 6) is 2.69. The van der Waals surface area contributed by atoms with Gasteiger partial charge < -0.3 is 20.1 Å². The van der Waals surface area contributed by atoms with Gasteiger partial charge in [0.05, 0.1) is 5.69 Å². The fourth-order valence-electron chi connectivity index (χ4n) is 3.15. The number of guanidine groups is 1. The van der Waals surface area contributed by atoms with Crippen LogP contribution in [0.1, 0.15) is 50.6 Å². The van der Waals surface area contributed by atoms with E-state index in [-0.39, 0.29) is 0 Å². The minimum atomic E-state index is 0.705. The van der Waals surface area contributed by atoms with Crippen LogP contribution >= 0.6 is 0 Å². The van der Waals surface area contributed by atoms with Crippen LogP contribution in [0.3, 0.4) is 0 Å². The highest BCUT2D eigenvalue weighted by Gasteiger charge is 2.16. The van der Waals surface area contributed by atoms with Gasteiger partial charge in [-0.25, -0.2) is 0 Å². The molecule has 0 spiro atoms. The summed E-state index contributed by atoms with van der Waals surface area (Å²) in [4.78, 5) is 6.85. The van der Waals surface area contributed by atoms with E-state index in [9.17, 15) is 0 Å². The van der Waals surface area contributed by atoms with Gasteiger partial charge in [-0.3, -0.25) is 4.99 Å². The van der Waals surface area contributed by atoms with E-state index in [4.69, 9.17) is 4.52 Å². The predicted molar refractivity (Wildman–Crippen MR) is 98.3 cm³/mol. The molecule has 24 heavy (non-hydrogen) atoms. The summed E-state index contributed by atoms with van der Waals surface area (Å²) < 4.78 is 5.41. The van der Waals surface area contributed by atoms with E-state index < -0.39 is 0 Å². The number of aromatic nitrogens is 1. The van der Waals surface area contributed by atoms with Crippen molar-refractivity contribution in [3.8, 4) is 0 Å². The van der Waals surface area contributed by atoms with Crippen LogP contribution in [-0.2, 0) is 19.4 Å². The summed E-state index contributed by atoms with van der Waals surface area (Å²) in [6, 6.07) is 0. The Bertz CT molecular complexity index is 496. The Morgan fingerprint density at radius 1 is 1.25 bits per heavy atom. The van der Waals surface area contributed by atoms with E-state index in [1.54, 1.807) is 0 Å². The third kappa shape index (κ3) is 5.23. The predicted octanol–water partition coefficient (Wildman–Crippen LogP) is 2.20. The molecule has 2 rings (SSSR count). The molecule has 1 aromatic heterocycles. The molecule has 1 aromatic rings. The van der Waals surface area contributed by atoms with Crippen molar-refractivity contribution in [3.63, 3.8) is 0 Å². The normalized spacial score (nSPS) is 17.2. The molecule has 0 radical (unpaired) electrons. The van der Waals surface area contributed by atoms with Crippen LogP contribution in [0.25, 0.3) is 0 Å². The SMILES string of the molecule is CCc1noc(CC)c1CNC(=NC)NCCN1CCC(C)CC1. The molecule has 0 atom stereocenters. The molecule has 0 saturated carbocycles. The molecule has 1 fully saturated rings. The zero-order valence-electron chi connectivity index (χ0n) is 15.7. The van der Waals surface area contributed by atoms with E-state index in [0.717, 1.165) is 49.3 Å². The summed E-state index contributed by atoms with van der Waals surface area (Å²) in [6.45, 7) is 11.7. The topological polar surface area (TPSA) is 65.7 Å². The first-order valence-electron chi connectivity index (χ1n) is 9.31. The van der Waals surface area contributed by atoms with Crippen molar-refractivity contribution >= 4 is 5.96 Å². The Kier molecular flexibility index (Phi) is 7.56. The van der Waals surface area contributed by atoms with Gasteiger partial charge in [0.25, 0.3) is 0 Å². The number of piperidine rings is 1. The molecule has 0 bridgehead atoms. The fourth-order valence-corrected chi connectivity index (χ4v) is 3.15. The number of aliphatic imine (C=N–C) groups is 1. The fraction of sp³-hybridized carbons (Fsp3) is 0.778. The van der Waals surface area contributed by atoms with E-state index >= 15 is 0 Å². The van der Waals surface area contributed by atoms with Gasteiger partial charge in [0.2, 0.25) is 0 Å². The minimum Gasteiger partial charge on any atom is -0.361 e. The van der Waals surface area contributed by atoms with Crippen molar-refractivity contribution in [2.75, 3.05) is 33.2 Å². The summed E-state index contributed by atoms with van der Waals surface area (Å²) in [6.07, 6.45) is 4.39.